The summed E-state index contributed by atoms with van der Waals surface area (Å²) < 4.78 is 33.6. The summed E-state index contributed by atoms with van der Waals surface area (Å²) in [6.45, 7) is 2.86. The standard InChI is InChI=1S/C15H22N2O5S/c1-21-15(18)16-13-6-4-7-14(12-13)22-23(19,20)11-5-10-17-8-2-3-9-17/h4,6-7,12H,2-3,5,8-11H2,1H3,(H,16,18). The third kappa shape index (κ3) is 6.07. The summed E-state index contributed by atoms with van der Waals surface area (Å²) in [6, 6.07) is 6.18. The molecule has 0 saturated carbocycles. The Hall–Kier alpha value is -1.80. The van der Waals surface area contributed by atoms with Crippen LogP contribution in [-0.4, -0.2) is 51.9 Å². The predicted octanol–water partition coefficient (Wildman–Crippen LogP) is 2.06. The van der Waals surface area contributed by atoms with E-state index >= 15 is 0 Å². The minimum Gasteiger partial charge on any atom is -0.453 e. The van der Waals surface area contributed by atoms with Crippen LogP contribution in [0.4, 0.5) is 10.5 Å². The molecule has 8 heteroatoms. The minimum atomic E-state index is -3.65. The van der Waals surface area contributed by atoms with Crippen molar-refractivity contribution in [3.8, 4) is 5.75 Å². The molecule has 1 aliphatic heterocycles. The van der Waals surface area contributed by atoms with E-state index in [1.807, 2.05) is 0 Å². The van der Waals surface area contributed by atoms with Crippen LogP contribution in [-0.2, 0) is 14.9 Å². The summed E-state index contributed by atoms with van der Waals surface area (Å²) in [5.41, 5.74) is 0.404. The van der Waals surface area contributed by atoms with Crippen LogP contribution in [0.2, 0.25) is 0 Å². The number of ether oxygens (including phenoxy) is 1. The molecule has 1 aromatic carbocycles. The van der Waals surface area contributed by atoms with E-state index in [1.165, 1.54) is 32.1 Å². The van der Waals surface area contributed by atoms with Crippen LogP contribution in [0, 0.1) is 0 Å². The fourth-order valence-corrected chi connectivity index (χ4v) is 3.42. The van der Waals surface area contributed by atoms with E-state index in [-0.39, 0.29) is 11.5 Å². The summed E-state index contributed by atoms with van der Waals surface area (Å²) in [5, 5.41) is 2.46. The van der Waals surface area contributed by atoms with E-state index in [4.69, 9.17) is 4.18 Å². The molecule has 0 unspecified atom stereocenters. The van der Waals surface area contributed by atoms with E-state index in [1.54, 1.807) is 12.1 Å². The number of carbonyl (C=O) groups excluding carboxylic acids is 1. The Bertz CT molecular complexity index is 627. The van der Waals surface area contributed by atoms with E-state index in [9.17, 15) is 13.2 Å². The molecule has 128 valence electrons. The quantitative estimate of drug-likeness (QED) is 0.764. The number of hydrogen-bond acceptors (Lipinski definition) is 6. The molecular weight excluding hydrogens is 320 g/mol. The molecule has 1 aliphatic rings. The van der Waals surface area contributed by atoms with Crippen LogP contribution < -0.4 is 9.50 Å². The number of nitrogens with one attached hydrogen (secondary N) is 1. The monoisotopic (exact) mass is 342 g/mol. The Balaban J connectivity index is 1.86. The van der Waals surface area contributed by atoms with Gasteiger partial charge in [-0.1, -0.05) is 6.07 Å². The molecule has 0 spiro atoms. The molecule has 0 aliphatic carbocycles. The first kappa shape index (κ1) is 17.6. The smallest absolute Gasteiger partial charge is 0.411 e. The molecule has 1 fully saturated rings. The van der Waals surface area contributed by atoms with Gasteiger partial charge in [-0.05, 0) is 51.0 Å². The number of amides is 1. The van der Waals surface area contributed by atoms with Gasteiger partial charge < -0.3 is 13.8 Å². The zero-order chi connectivity index (χ0) is 16.7. The molecule has 1 N–H and O–H groups in total. The van der Waals surface area contributed by atoms with Crippen molar-refractivity contribution in [2.75, 3.05) is 37.8 Å². The number of anilines is 1. The number of carbonyl (C=O) groups is 1. The van der Waals surface area contributed by atoms with Gasteiger partial charge in [-0.2, -0.15) is 8.42 Å². The van der Waals surface area contributed by atoms with Crippen molar-refractivity contribution in [1.29, 1.82) is 0 Å². The highest BCUT2D eigenvalue weighted by Gasteiger charge is 2.16. The normalized spacial score (nSPS) is 15.3. The fraction of sp³-hybridized carbons (Fsp3) is 0.533. The molecule has 0 radical (unpaired) electrons. The Morgan fingerprint density at radius 3 is 2.74 bits per heavy atom. The van der Waals surface area contributed by atoms with E-state index in [2.05, 4.69) is 15.0 Å². The van der Waals surface area contributed by atoms with Crippen LogP contribution in [0.15, 0.2) is 24.3 Å². The minimum absolute atomic E-state index is 0.0296. The maximum Gasteiger partial charge on any atom is 0.411 e. The summed E-state index contributed by atoms with van der Waals surface area (Å²) in [6.07, 6.45) is 2.28. The Morgan fingerprint density at radius 2 is 2.04 bits per heavy atom. The molecule has 0 aromatic heterocycles. The molecule has 1 aromatic rings. The second-order valence-electron chi connectivity index (χ2n) is 5.39. The zero-order valence-electron chi connectivity index (χ0n) is 13.2. The van der Waals surface area contributed by atoms with Crippen molar-refractivity contribution in [3.63, 3.8) is 0 Å². The number of likely N-dealkylation sites (tertiary alicyclic amines) is 1. The third-order valence-corrected chi connectivity index (χ3v) is 4.79. The lowest BCUT2D eigenvalue weighted by atomic mass is 10.3. The van der Waals surface area contributed by atoms with Gasteiger partial charge in [0.1, 0.15) is 5.75 Å². The predicted molar refractivity (Wildman–Crippen MR) is 87.2 cm³/mol. The molecule has 1 amide bonds. The fourth-order valence-electron chi connectivity index (χ4n) is 2.45. The zero-order valence-corrected chi connectivity index (χ0v) is 14.0. The average Bonchev–Trinajstić information content (AvgIpc) is 3.00. The first-order valence-electron chi connectivity index (χ1n) is 7.58. The van der Waals surface area contributed by atoms with Gasteiger partial charge >= 0.3 is 16.2 Å². The lowest BCUT2D eigenvalue weighted by molar-refractivity contribution is 0.187. The second kappa shape index (κ2) is 8.16. The van der Waals surface area contributed by atoms with Gasteiger partial charge in [0.25, 0.3) is 0 Å². The molecule has 1 saturated heterocycles. The highest BCUT2D eigenvalue weighted by atomic mass is 32.2. The van der Waals surface area contributed by atoms with Gasteiger partial charge in [-0.15, -0.1) is 0 Å². The summed E-state index contributed by atoms with van der Waals surface area (Å²) >= 11 is 0. The molecule has 23 heavy (non-hydrogen) atoms. The summed E-state index contributed by atoms with van der Waals surface area (Å²) in [4.78, 5) is 13.4. The number of nitrogens with zero attached hydrogens (tertiary/aromatic N) is 1. The SMILES string of the molecule is COC(=O)Nc1cccc(OS(=O)(=O)CCCN2CCCC2)c1. The summed E-state index contributed by atoms with van der Waals surface area (Å²) in [5.74, 6) is 0.137. The highest BCUT2D eigenvalue weighted by Crippen LogP contribution is 2.19. The van der Waals surface area contributed by atoms with Crippen molar-refractivity contribution < 1.29 is 22.1 Å². The van der Waals surface area contributed by atoms with Crippen molar-refractivity contribution >= 4 is 21.9 Å². The molecule has 0 bridgehead atoms. The van der Waals surface area contributed by atoms with E-state index in [0.717, 1.165) is 19.6 Å². The molecule has 0 atom stereocenters. The maximum atomic E-state index is 12.0. The van der Waals surface area contributed by atoms with Crippen molar-refractivity contribution in [2.45, 2.75) is 19.3 Å². The molecule has 1 heterocycles. The van der Waals surface area contributed by atoms with Crippen LogP contribution in [0.25, 0.3) is 0 Å². The molecule has 2 rings (SSSR count). The van der Waals surface area contributed by atoms with Gasteiger partial charge in [0.15, 0.2) is 0 Å². The van der Waals surface area contributed by atoms with Crippen molar-refractivity contribution in [2.24, 2.45) is 0 Å². The largest absolute Gasteiger partial charge is 0.453 e. The Kier molecular flexibility index (Phi) is 6.23. The second-order valence-corrected chi connectivity index (χ2v) is 7.08. The van der Waals surface area contributed by atoms with Gasteiger partial charge in [0.2, 0.25) is 0 Å². The number of rotatable bonds is 7. The maximum absolute atomic E-state index is 12.0. The van der Waals surface area contributed by atoms with Crippen LogP contribution in [0.5, 0.6) is 5.75 Å². The van der Waals surface area contributed by atoms with Gasteiger partial charge in [0, 0.05) is 11.8 Å². The Morgan fingerprint density at radius 1 is 1.30 bits per heavy atom. The lowest BCUT2D eigenvalue weighted by Gasteiger charge is -2.14. The number of benzene rings is 1. The van der Waals surface area contributed by atoms with Crippen molar-refractivity contribution in [3.05, 3.63) is 24.3 Å². The third-order valence-electron chi connectivity index (χ3n) is 3.56. The van der Waals surface area contributed by atoms with Gasteiger partial charge in [-0.25, -0.2) is 4.79 Å². The molecule has 7 nitrogen and oxygen atoms in total. The highest BCUT2D eigenvalue weighted by molar-refractivity contribution is 7.87. The van der Waals surface area contributed by atoms with E-state index < -0.39 is 16.2 Å². The van der Waals surface area contributed by atoms with Crippen LogP contribution in [0.1, 0.15) is 19.3 Å². The number of methoxy groups -OCH3 is 1. The van der Waals surface area contributed by atoms with Crippen LogP contribution >= 0.6 is 0 Å². The number of hydrogen-bond donors (Lipinski definition) is 1. The van der Waals surface area contributed by atoms with Crippen LogP contribution in [0.3, 0.4) is 0 Å². The topological polar surface area (TPSA) is 84.9 Å². The van der Waals surface area contributed by atoms with Gasteiger partial charge in [-0.3, -0.25) is 5.32 Å². The van der Waals surface area contributed by atoms with Crippen molar-refractivity contribution in [1.82, 2.24) is 4.90 Å². The van der Waals surface area contributed by atoms with Gasteiger partial charge in [0.05, 0.1) is 12.9 Å². The Labute approximate surface area is 136 Å². The lowest BCUT2D eigenvalue weighted by Crippen LogP contribution is -2.24. The molecular formula is C15H22N2O5S. The first-order chi connectivity index (χ1) is 11.0. The average molecular weight is 342 g/mol. The summed E-state index contributed by atoms with van der Waals surface area (Å²) in [7, 11) is -2.40. The first-order valence-corrected chi connectivity index (χ1v) is 9.16. The van der Waals surface area contributed by atoms with E-state index in [0.29, 0.717) is 12.1 Å².